The van der Waals surface area contributed by atoms with Crippen molar-refractivity contribution in [2.45, 2.75) is 115 Å². The van der Waals surface area contributed by atoms with Crippen LogP contribution in [0, 0.1) is 11.8 Å². The molecule has 2 fully saturated rings. The van der Waals surface area contributed by atoms with Crippen LogP contribution in [0.4, 0.5) is 19.2 Å². The van der Waals surface area contributed by atoms with Crippen LogP contribution in [0.1, 0.15) is 119 Å². The summed E-state index contributed by atoms with van der Waals surface area (Å²) in [6.45, 7) is 9.63. The summed E-state index contributed by atoms with van der Waals surface area (Å²) in [6.07, 6.45) is 2.23. The van der Waals surface area contributed by atoms with E-state index in [1.165, 1.54) is 12.8 Å². The summed E-state index contributed by atoms with van der Waals surface area (Å²) < 4.78 is 15.9. The number of carbonyl (C=O) groups excluding carboxylic acids is 8. The molecule has 0 aromatic heterocycles. The van der Waals surface area contributed by atoms with Crippen LogP contribution in [0.25, 0.3) is 22.3 Å². The van der Waals surface area contributed by atoms with Crippen LogP contribution >= 0.6 is 0 Å². The molecule has 9 amide bonds. The van der Waals surface area contributed by atoms with E-state index in [4.69, 9.17) is 41.4 Å². The fraction of sp³-hybridized carbons (Fsp3) is 0.433. The maximum Gasteiger partial charge on any atom is 0.407 e. The molecule has 0 radical (unpaired) electrons. The number of amides is 9. The van der Waals surface area contributed by atoms with E-state index in [1.54, 1.807) is 27.7 Å². The van der Waals surface area contributed by atoms with Crippen LogP contribution in [0.5, 0.6) is 0 Å². The number of urea groups is 2. The number of fused-ring (bicyclic) bond motifs is 6. The summed E-state index contributed by atoms with van der Waals surface area (Å²) in [4.78, 5) is 122. The van der Waals surface area contributed by atoms with E-state index in [2.05, 4.69) is 26.6 Å². The van der Waals surface area contributed by atoms with E-state index >= 15 is 0 Å². The average Bonchev–Trinajstić information content (AvgIpc) is 2.98. The fourth-order valence-corrected chi connectivity index (χ4v) is 9.58. The Kier molecular flexibility index (Phi) is 26.1. The lowest BCUT2D eigenvalue weighted by atomic mass is 9.98. The molecule has 0 unspecified atom stereocenters. The molecule has 8 rings (SSSR count). The molecule has 4 aliphatic rings. The van der Waals surface area contributed by atoms with Crippen molar-refractivity contribution in [2.75, 3.05) is 39.5 Å². The number of alkyl carbamates (subject to hydrolysis) is 2. The highest BCUT2D eigenvalue weighted by Gasteiger charge is 2.38. The molecule has 4 aromatic rings. The second-order valence-corrected chi connectivity index (χ2v) is 20.9. The molecular weight excluding hydrogens is 1100 g/mol. The van der Waals surface area contributed by atoms with E-state index in [9.17, 15) is 53.1 Å². The Hall–Kier alpha value is -9.10. The zero-order valence-electron chi connectivity index (χ0n) is 48.0. The van der Waals surface area contributed by atoms with Crippen molar-refractivity contribution < 1.29 is 82.9 Å². The number of carboxylic acid groups (broad SMARTS) is 2. The van der Waals surface area contributed by atoms with Crippen LogP contribution in [-0.4, -0.2) is 139 Å². The van der Waals surface area contributed by atoms with E-state index in [1.807, 2.05) is 97.1 Å². The van der Waals surface area contributed by atoms with Gasteiger partial charge in [-0.15, -0.1) is 5.06 Å². The highest BCUT2D eigenvalue weighted by molar-refractivity contribution is 6.02. The van der Waals surface area contributed by atoms with Crippen molar-refractivity contribution in [2.24, 2.45) is 29.0 Å². The largest absolute Gasteiger partial charge is 0.480 e. The van der Waals surface area contributed by atoms with Gasteiger partial charge in [-0.2, -0.15) is 0 Å². The molecule has 4 aromatic carbocycles. The number of hydrogen-bond donors (Lipinski definition) is 10. The van der Waals surface area contributed by atoms with Gasteiger partial charge in [-0.3, -0.25) is 19.2 Å². The van der Waals surface area contributed by atoms with Gasteiger partial charge in [-0.1, -0.05) is 125 Å². The highest BCUT2D eigenvalue weighted by Crippen LogP contribution is 2.45. The molecule has 25 nitrogen and oxygen atoms in total. The predicted molar refractivity (Wildman–Crippen MR) is 318 cm³/mol. The molecule has 25 heteroatoms. The summed E-state index contributed by atoms with van der Waals surface area (Å²) >= 11 is 0. The number of benzene rings is 4. The van der Waals surface area contributed by atoms with E-state index in [0.29, 0.717) is 30.9 Å². The van der Waals surface area contributed by atoms with Crippen LogP contribution in [0.3, 0.4) is 0 Å². The van der Waals surface area contributed by atoms with Crippen LogP contribution in [-0.2, 0) is 47.8 Å². The predicted octanol–water partition coefficient (Wildman–Crippen LogP) is 6.35. The van der Waals surface area contributed by atoms with Gasteiger partial charge < -0.3 is 73.0 Å². The number of primary amides is 2. The standard InChI is InChI=1S/C26H32N4O6.C24H24N2O6.C6H13N3O3.C4H8O.4H2/c1-15(2)22(23(31)29-21(24(32)33)12-7-13-28-25(27)34)30-26(35)36-14-20-18-10-5-3-8-16(18)17-9-4-6-11-19(17)20;1-14(2)22(23(29)32-26-20(27)11-12-21(26)28)25-24(30)31-13-19-17-9-5-3-7-15(17)16-8-4-6-10-18(16)19;7-4(5(10)11)2-1-3-9-6(8)12;1-2-4-5-3-1;;;;/h3-6,8-11,15,20-22H,7,12-14H2,1-2H3,(H,29,31)(H,30,35)(H,32,33)(H3,27,28,34);3-10,14,19,22H,11-13H2,1-2H3,(H,25,30);4H,1-3,7H2,(H,10,11)(H3,8,9,12);1-4H2;4*1H/t21-,22-;22-;4-;;;;;/m000...../s1. The summed E-state index contributed by atoms with van der Waals surface area (Å²) in [7, 11) is 0. The Labute approximate surface area is 498 Å². The molecule has 4 atom stereocenters. The minimum Gasteiger partial charge on any atom is -0.480 e. The van der Waals surface area contributed by atoms with Gasteiger partial charge in [0.2, 0.25) is 5.91 Å². The first kappa shape index (κ1) is 66.7. The second-order valence-electron chi connectivity index (χ2n) is 20.9. The van der Waals surface area contributed by atoms with Gasteiger partial charge >= 0.3 is 42.2 Å². The third-order valence-electron chi connectivity index (χ3n) is 14.0. The Morgan fingerprint density at radius 3 is 1.33 bits per heavy atom. The molecule has 2 heterocycles. The molecule has 0 bridgehead atoms. The molecule has 2 aliphatic heterocycles. The van der Waals surface area contributed by atoms with E-state index in [-0.39, 0.29) is 68.4 Å². The van der Waals surface area contributed by atoms with Crippen molar-refractivity contribution in [3.8, 4) is 22.3 Å². The van der Waals surface area contributed by atoms with Gasteiger partial charge in [0, 0.05) is 56.7 Å². The van der Waals surface area contributed by atoms with Crippen molar-refractivity contribution in [3.05, 3.63) is 119 Å². The summed E-state index contributed by atoms with van der Waals surface area (Å²) in [5, 5.41) is 30.5. The Morgan fingerprint density at radius 2 is 0.976 bits per heavy atom. The highest BCUT2D eigenvalue weighted by atomic mass is 16.7. The number of rotatable bonds is 22. The van der Waals surface area contributed by atoms with E-state index in [0.717, 1.165) is 57.7 Å². The zero-order chi connectivity index (χ0) is 62.2. The number of hydroxylamine groups is 2. The summed E-state index contributed by atoms with van der Waals surface area (Å²) in [5.41, 5.74) is 23.7. The van der Waals surface area contributed by atoms with Crippen LogP contribution in [0.2, 0.25) is 0 Å². The number of nitrogens with one attached hydrogen (secondary N) is 5. The smallest absolute Gasteiger partial charge is 0.407 e. The first-order chi connectivity index (χ1) is 40.6. The molecule has 2 aliphatic carbocycles. The minimum atomic E-state index is -1.22. The number of ether oxygens (including phenoxy) is 3. The van der Waals surface area contributed by atoms with Crippen molar-refractivity contribution in [1.82, 2.24) is 31.6 Å². The molecule has 466 valence electrons. The van der Waals surface area contributed by atoms with Gasteiger partial charge in [0.25, 0.3) is 11.8 Å². The lowest BCUT2D eigenvalue weighted by molar-refractivity contribution is -0.199. The summed E-state index contributed by atoms with van der Waals surface area (Å²) in [6, 6.07) is 26.4. The molecule has 13 N–H and O–H groups in total. The molecule has 0 saturated carbocycles. The van der Waals surface area contributed by atoms with Gasteiger partial charge in [0.05, 0.1) is 0 Å². The minimum absolute atomic E-state index is 0. The molecule has 0 spiro atoms. The number of imide groups is 1. The topological polar surface area (TPSA) is 390 Å². The van der Waals surface area contributed by atoms with Gasteiger partial charge in [-0.25, -0.2) is 28.8 Å². The number of nitrogens with zero attached hydrogens (tertiary/aromatic N) is 1. The second kappa shape index (κ2) is 33.3. The third kappa shape index (κ3) is 20.1. The quantitative estimate of drug-likeness (QED) is 0.0302. The van der Waals surface area contributed by atoms with Crippen molar-refractivity contribution in [1.29, 1.82) is 0 Å². The van der Waals surface area contributed by atoms with Crippen molar-refractivity contribution >= 4 is 59.9 Å². The number of carboxylic acids is 2. The van der Waals surface area contributed by atoms with Gasteiger partial charge in [0.1, 0.15) is 37.4 Å². The maximum atomic E-state index is 12.8. The van der Waals surface area contributed by atoms with Gasteiger partial charge in [-0.05, 0) is 94.9 Å². The number of aliphatic carboxylic acids is 2. The lowest BCUT2D eigenvalue weighted by Crippen LogP contribution is -2.54. The molecule has 2 saturated heterocycles. The average molecular weight is 1190 g/mol. The molecular formula is C60H85N9O16. The SMILES string of the molecule is C1CCOC1.CC(C)[C@H](NC(=O)OCC1c2ccccc2-c2ccccc21)C(=O)N[C@@H](CCCNC(N)=O)C(=O)O.CC(C)[C@H](NC(=O)OCC1c2ccccc2-c2ccccc21)C(=O)ON1C(=O)CCC1=O.NC(=O)NCCC[C@H](N)C(=O)O.[HH].[HH].[HH].[HH]. The van der Waals surface area contributed by atoms with Crippen LogP contribution in [0.15, 0.2) is 97.1 Å². The maximum absolute atomic E-state index is 12.8. The first-order valence-corrected chi connectivity index (χ1v) is 28.1. The van der Waals surface area contributed by atoms with Crippen LogP contribution < -0.4 is 43.8 Å². The molecule has 85 heavy (non-hydrogen) atoms. The monoisotopic (exact) mass is 1190 g/mol. The number of nitrogens with two attached hydrogens (primary N) is 3. The Bertz CT molecular complexity index is 2900. The zero-order valence-corrected chi connectivity index (χ0v) is 48.0. The lowest BCUT2D eigenvalue weighted by Gasteiger charge is -2.24. The third-order valence-corrected chi connectivity index (χ3v) is 14.0. The Balaban J connectivity index is 0.000000682. The normalized spacial score (nSPS) is 15.0. The summed E-state index contributed by atoms with van der Waals surface area (Å²) in [5.74, 6) is -5.84. The number of carbonyl (C=O) groups is 10. The number of hydrogen-bond acceptors (Lipinski definition) is 15. The first-order valence-electron chi connectivity index (χ1n) is 28.1. The van der Waals surface area contributed by atoms with Crippen molar-refractivity contribution in [3.63, 3.8) is 0 Å². The van der Waals surface area contributed by atoms with Gasteiger partial charge in [0.15, 0.2) is 0 Å². The van der Waals surface area contributed by atoms with E-state index < -0.39 is 84.0 Å². The fourth-order valence-electron chi connectivity index (χ4n) is 9.58. The Morgan fingerprint density at radius 1 is 0.588 bits per heavy atom.